The van der Waals surface area contributed by atoms with E-state index in [0.29, 0.717) is 12.3 Å². The lowest BCUT2D eigenvalue weighted by atomic mass is 9.88. The maximum atomic E-state index is 10.6. The Hall–Kier alpha value is -1.67. The van der Waals surface area contributed by atoms with Gasteiger partial charge in [-0.3, -0.25) is 0 Å². The van der Waals surface area contributed by atoms with Gasteiger partial charge in [0.15, 0.2) is 11.9 Å². The van der Waals surface area contributed by atoms with Crippen LogP contribution in [0.4, 0.5) is 0 Å². The van der Waals surface area contributed by atoms with Crippen molar-refractivity contribution < 1.29 is 48.9 Å². The summed E-state index contributed by atoms with van der Waals surface area (Å²) in [6, 6.07) is 9.78. The molecule has 0 bridgehead atoms. The number of oxime groups is 1. The van der Waals surface area contributed by atoms with E-state index in [1.807, 2.05) is 44.2 Å². The van der Waals surface area contributed by atoms with Crippen LogP contribution in [-0.2, 0) is 35.1 Å². The normalized spacial score (nSPS) is 43.1. The van der Waals surface area contributed by atoms with Crippen LogP contribution in [-0.4, -0.2) is 99.8 Å². The van der Waals surface area contributed by atoms with Crippen LogP contribution >= 0.6 is 0 Å². The molecule has 3 fully saturated rings. The lowest BCUT2D eigenvalue weighted by Crippen LogP contribution is -2.65. The number of ether oxygens (including phenoxy) is 5. The van der Waals surface area contributed by atoms with Gasteiger partial charge in [-0.25, -0.2) is 0 Å². The van der Waals surface area contributed by atoms with Crippen LogP contribution in [0.25, 0.3) is 0 Å². The van der Waals surface area contributed by atoms with Crippen LogP contribution in [0.2, 0.25) is 0 Å². The van der Waals surface area contributed by atoms with E-state index < -0.39 is 67.0 Å². The van der Waals surface area contributed by atoms with Gasteiger partial charge < -0.3 is 48.9 Å². The minimum Gasteiger partial charge on any atom is -0.394 e. The summed E-state index contributed by atoms with van der Waals surface area (Å²) in [5.41, 5.74) is 1.44. The van der Waals surface area contributed by atoms with Gasteiger partial charge in [-0.1, -0.05) is 35.5 Å². The average molecular weight is 481 g/mol. The first kappa shape index (κ1) is 24.0. The smallest absolute Gasteiger partial charge is 0.271 e. The van der Waals surface area contributed by atoms with E-state index >= 15 is 0 Å². The lowest BCUT2D eigenvalue weighted by molar-refractivity contribution is -0.355. The molecule has 11 heteroatoms. The molecule has 9 atom stereocenters. The SMILES string of the molecule is CC1(C)O[C@@H]2[C@H](O1)[C@H](COCc1ccccc1)O[C@@H]2C1=NO[C@@]2(C1)O[C@H](CO)[C@@H](O)[C@H](O)[C@H]2O. The molecule has 11 nitrogen and oxygen atoms in total. The molecule has 4 N–H and O–H groups in total. The van der Waals surface area contributed by atoms with E-state index in [2.05, 4.69) is 5.16 Å². The highest BCUT2D eigenvalue weighted by atomic mass is 16.8. The third kappa shape index (κ3) is 4.25. The summed E-state index contributed by atoms with van der Waals surface area (Å²) in [5.74, 6) is -2.59. The van der Waals surface area contributed by atoms with E-state index in [1.165, 1.54) is 0 Å². The highest BCUT2D eigenvalue weighted by Gasteiger charge is 2.62. The highest BCUT2D eigenvalue weighted by molar-refractivity contribution is 5.91. The summed E-state index contributed by atoms with van der Waals surface area (Å²) in [5, 5.41) is 44.5. The summed E-state index contributed by atoms with van der Waals surface area (Å²) in [4.78, 5) is 5.47. The Kier molecular flexibility index (Phi) is 6.42. The highest BCUT2D eigenvalue weighted by Crippen LogP contribution is 2.44. The number of aliphatic hydroxyl groups excluding tert-OH is 4. The van der Waals surface area contributed by atoms with Crippen LogP contribution in [0.3, 0.4) is 0 Å². The summed E-state index contributed by atoms with van der Waals surface area (Å²) in [6.07, 6.45) is -7.85. The zero-order valence-electron chi connectivity index (χ0n) is 19.0. The lowest BCUT2D eigenvalue weighted by Gasteiger charge is -2.44. The van der Waals surface area contributed by atoms with Crippen molar-refractivity contribution in [1.82, 2.24) is 0 Å². The number of aliphatic hydroxyl groups is 4. The van der Waals surface area contributed by atoms with Crippen LogP contribution < -0.4 is 0 Å². The molecule has 188 valence electrons. The quantitative estimate of drug-likeness (QED) is 0.416. The van der Waals surface area contributed by atoms with E-state index in [4.69, 9.17) is 28.5 Å². The van der Waals surface area contributed by atoms with Crippen molar-refractivity contribution in [2.75, 3.05) is 13.2 Å². The molecule has 5 rings (SSSR count). The summed E-state index contributed by atoms with van der Waals surface area (Å²) < 4.78 is 30.0. The minimum absolute atomic E-state index is 0.0519. The number of hydrogen-bond acceptors (Lipinski definition) is 11. The van der Waals surface area contributed by atoms with E-state index in [9.17, 15) is 20.4 Å². The average Bonchev–Trinajstić information content (AvgIpc) is 3.48. The number of rotatable bonds is 6. The topological polar surface area (TPSA) is 149 Å². The zero-order chi connectivity index (χ0) is 24.1. The number of hydrogen-bond donors (Lipinski definition) is 4. The molecule has 1 spiro atoms. The Morgan fingerprint density at radius 1 is 1.00 bits per heavy atom. The molecule has 4 aliphatic rings. The third-order valence-electron chi connectivity index (χ3n) is 6.65. The second-order valence-corrected chi connectivity index (χ2v) is 9.59. The maximum absolute atomic E-state index is 10.6. The predicted molar refractivity (Wildman–Crippen MR) is 114 cm³/mol. The van der Waals surface area contributed by atoms with Crippen molar-refractivity contribution in [2.24, 2.45) is 5.16 Å². The molecule has 1 aromatic rings. The van der Waals surface area contributed by atoms with Crippen molar-refractivity contribution in [3.63, 3.8) is 0 Å². The number of nitrogens with zero attached hydrogens (tertiary/aromatic N) is 1. The van der Waals surface area contributed by atoms with Gasteiger partial charge in [0.1, 0.15) is 42.7 Å². The second-order valence-electron chi connectivity index (χ2n) is 9.59. The minimum atomic E-state index is -1.75. The fraction of sp³-hybridized carbons (Fsp3) is 0.696. The second kappa shape index (κ2) is 9.08. The molecular formula is C23H31NO10. The molecule has 4 aliphatic heterocycles. The molecule has 1 aromatic carbocycles. The van der Waals surface area contributed by atoms with Crippen LogP contribution in [0.1, 0.15) is 25.8 Å². The van der Waals surface area contributed by atoms with Crippen LogP contribution in [0, 0.1) is 0 Å². The Morgan fingerprint density at radius 3 is 2.47 bits per heavy atom. The first-order chi connectivity index (χ1) is 16.2. The van der Waals surface area contributed by atoms with E-state index in [0.717, 1.165) is 5.56 Å². The number of fused-ring (bicyclic) bond motifs is 1. The molecule has 3 saturated heterocycles. The van der Waals surface area contributed by atoms with Crippen LogP contribution in [0.15, 0.2) is 35.5 Å². The third-order valence-corrected chi connectivity index (χ3v) is 6.65. The molecule has 0 amide bonds. The summed E-state index contributed by atoms with van der Waals surface area (Å²) in [6.45, 7) is 3.75. The zero-order valence-corrected chi connectivity index (χ0v) is 19.0. The van der Waals surface area contributed by atoms with Crippen LogP contribution in [0.5, 0.6) is 0 Å². The van der Waals surface area contributed by atoms with Gasteiger partial charge in [0.2, 0.25) is 0 Å². The van der Waals surface area contributed by atoms with Crippen molar-refractivity contribution >= 4 is 5.71 Å². The van der Waals surface area contributed by atoms with Crippen molar-refractivity contribution in [1.29, 1.82) is 0 Å². The fourth-order valence-corrected chi connectivity index (χ4v) is 4.99. The Labute approximate surface area is 196 Å². The molecule has 0 saturated carbocycles. The van der Waals surface area contributed by atoms with Gasteiger partial charge in [0, 0.05) is 0 Å². The van der Waals surface area contributed by atoms with Gasteiger partial charge in [-0.2, -0.15) is 0 Å². The number of benzene rings is 1. The first-order valence-electron chi connectivity index (χ1n) is 11.4. The van der Waals surface area contributed by atoms with E-state index in [-0.39, 0.29) is 13.0 Å². The maximum Gasteiger partial charge on any atom is 0.271 e. The Morgan fingerprint density at radius 2 is 1.74 bits per heavy atom. The first-order valence-corrected chi connectivity index (χ1v) is 11.4. The van der Waals surface area contributed by atoms with Gasteiger partial charge in [0.05, 0.1) is 32.0 Å². The molecule has 34 heavy (non-hydrogen) atoms. The van der Waals surface area contributed by atoms with Gasteiger partial charge in [-0.05, 0) is 19.4 Å². The van der Waals surface area contributed by atoms with Crippen molar-refractivity contribution in [3.8, 4) is 0 Å². The Bertz CT molecular complexity index is 895. The standard InChI is InChI=1S/C23H31NO10/c1-22(2)32-19-15(11-29-10-12-6-4-3-5-7-12)30-18(20(19)33-22)13-8-23(34-24-13)21(28)17(27)16(26)14(9-25)31-23/h3-7,14-21,25-28H,8-11H2,1-2H3/t14-,15+,16-,17+,18-,19-,20+,21-,23-/m1/s1. The van der Waals surface area contributed by atoms with Crippen molar-refractivity contribution in [3.05, 3.63) is 35.9 Å². The summed E-state index contributed by atoms with van der Waals surface area (Å²) >= 11 is 0. The van der Waals surface area contributed by atoms with Crippen molar-refractivity contribution in [2.45, 2.75) is 87.3 Å². The molecular weight excluding hydrogens is 450 g/mol. The monoisotopic (exact) mass is 481 g/mol. The van der Waals surface area contributed by atoms with Gasteiger partial charge >= 0.3 is 0 Å². The van der Waals surface area contributed by atoms with Gasteiger partial charge in [-0.15, -0.1) is 0 Å². The molecule has 4 heterocycles. The van der Waals surface area contributed by atoms with E-state index in [1.54, 1.807) is 0 Å². The molecule has 0 radical (unpaired) electrons. The molecule has 0 unspecified atom stereocenters. The molecule has 0 aliphatic carbocycles. The predicted octanol–water partition coefficient (Wildman–Crippen LogP) is -0.563. The molecule has 0 aromatic heterocycles. The largest absolute Gasteiger partial charge is 0.394 e. The Balaban J connectivity index is 1.28. The van der Waals surface area contributed by atoms with Gasteiger partial charge in [0.25, 0.3) is 5.79 Å². The fourth-order valence-electron chi connectivity index (χ4n) is 4.99. The summed E-state index contributed by atoms with van der Waals surface area (Å²) in [7, 11) is 0.